The Morgan fingerprint density at radius 3 is 2.82 bits per heavy atom. The van der Waals surface area contributed by atoms with Crippen LogP contribution < -0.4 is 5.32 Å². The molecule has 0 heterocycles. The fraction of sp³-hybridized carbons (Fsp3) is 0.417. The first kappa shape index (κ1) is 14.5. The van der Waals surface area contributed by atoms with Crippen LogP contribution in [0, 0.1) is 0 Å². The van der Waals surface area contributed by atoms with Gasteiger partial charge in [-0.3, -0.25) is 0 Å². The normalized spacial score (nSPS) is 12.4. The van der Waals surface area contributed by atoms with Crippen molar-refractivity contribution in [3.05, 3.63) is 33.8 Å². The van der Waals surface area contributed by atoms with Crippen LogP contribution in [0.5, 0.6) is 0 Å². The van der Waals surface area contributed by atoms with Crippen LogP contribution in [0.25, 0.3) is 0 Å². The molecular weight excluding hydrogens is 302 g/mol. The zero-order valence-electron chi connectivity index (χ0n) is 9.87. The molecule has 0 aliphatic carbocycles. The van der Waals surface area contributed by atoms with Crippen LogP contribution in [0.15, 0.2) is 22.7 Å². The average molecular weight is 318 g/mol. The summed E-state index contributed by atoms with van der Waals surface area (Å²) in [5, 5.41) is 12.8. The van der Waals surface area contributed by atoms with Gasteiger partial charge >= 0.3 is 5.97 Å². The minimum Gasteiger partial charge on any atom is -0.478 e. The van der Waals surface area contributed by atoms with Crippen LogP contribution in [0.3, 0.4) is 0 Å². The summed E-state index contributed by atoms with van der Waals surface area (Å²) in [4.78, 5) is 10.8. The Morgan fingerprint density at radius 2 is 2.29 bits per heavy atom. The van der Waals surface area contributed by atoms with E-state index in [9.17, 15) is 4.79 Å². The van der Waals surface area contributed by atoms with E-state index in [2.05, 4.69) is 34.4 Å². The molecule has 0 aliphatic rings. The highest BCUT2D eigenvalue weighted by atomic mass is 79.9. The molecule has 2 N–H and O–H groups in total. The molecule has 17 heavy (non-hydrogen) atoms. The number of carboxylic acid groups (broad SMARTS) is 1. The van der Waals surface area contributed by atoms with Crippen LogP contribution >= 0.6 is 27.7 Å². The Hall–Kier alpha value is -0.520. The molecule has 0 saturated carbocycles. The number of aromatic carboxylic acids is 1. The molecule has 0 aliphatic heterocycles. The first-order valence-electron chi connectivity index (χ1n) is 5.29. The molecule has 94 valence electrons. The fourth-order valence-electron chi connectivity index (χ4n) is 1.32. The van der Waals surface area contributed by atoms with Gasteiger partial charge in [-0.2, -0.15) is 11.8 Å². The molecule has 5 heteroatoms. The lowest BCUT2D eigenvalue weighted by atomic mass is 10.1. The quantitative estimate of drug-likeness (QED) is 0.847. The van der Waals surface area contributed by atoms with E-state index >= 15 is 0 Å². The van der Waals surface area contributed by atoms with Crippen LogP contribution in [-0.2, 0) is 6.54 Å². The molecule has 1 aromatic carbocycles. The number of nitrogens with one attached hydrogen (secondary N) is 1. The highest BCUT2D eigenvalue weighted by molar-refractivity contribution is 9.10. The van der Waals surface area contributed by atoms with E-state index in [4.69, 9.17) is 5.11 Å². The van der Waals surface area contributed by atoms with Gasteiger partial charge in [0.05, 0.1) is 5.56 Å². The molecule has 1 atom stereocenters. The first-order chi connectivity index (χ1) is 8.04. The van der Waals surface area contributed by atoms with Gasteiger partial charge in [0.2, 0.25) is 0 Å². The summed E-state index contributed by atoms with van der Waals surface area (Å²) < 4.78 is 0.835. The molecular formula is C12H16BrNO2S. The second-order valence-electron chi connectivity index (χ2n) is 3.79. The van der Waals surface area contributed by atoms with E-state index in [1.807, 2.05) is 17.8 Å². The molecule has 0 bridgehead atoms. The van der Waals surface area contributed by atoms with Crippen molar-refractivity contribution in [3.8, 4) is 0 Å². The van der Waals surface area contributed by atoms with E-state index in [1.54, 1.807) is 12.1 Å². The van der Waals surface area contributed by atoms with Crippen LogP contribution in [0.2, 0.25) is 0 Å². The van der Waals surface area contributed by atoms with Gasteiger partial charge in [0.25, 0.3) is 0 Å². The standard InChI is InChI=1S/C12H16BrNO2S/c1-8(17-2)6-14-7-10-4-3-9(12(15)16)5-11(10)13/h3-5,8,14H,6-7H2,1-2H3,(H,15,16). The predicted octanol–water partition coefficient (Wildman–Crippen LogP) is 2.99. The average Bonchev–Trinajstić information content (AvgIpc) is 2.30. The molecule has 0 amide bonds. The van der Waals surface area contributed by atoms with Crippen molar-refractivity contribution in [1.29, 1.82) is 0 Å². The third kappa shape index (κ3) is 4.69. The van der Waals surface area contributed by atoms with Gasteiger partial charge in [0, 0.05) is 22.8 Å². The molecule has 0 radical (unpaired) electrons. The maximum absolute atomic E-state index is 10.8. The number of halogens is 1. The monoisotopic (exact) mass is 317 g/mol. The van der Waals surface area contributed by atoms with Crippen LogP contribution in [0.1, 0.15) is 22.8 Å². The van der Waals surface area contributed by atoms with Gasteiger partial charge in [-0.05, 0) is 24.0 Å². The zero-order valence-corrected chi connectivity index (χ0v) is 12.3. The smallest absolute Gasteiger partial charge is 0.335 e. The summed E-state index contributed by atoms with van der Waals surface area (Å²) in [5.41, 5.74) is 1.38. The molecule has 0 fully saturated rings. The van der Waals surface area contributed by atoms with E-state index in [0.717, 1.165) is 23.1 Å². The van der Waals surface area contributed by atoms with Crippen molar-refractivity contribution in [2.24, 2.45) is 0 Å². The highest BCUT2D eigenvalue weighted by Crippen LogP contribution is 2.18. The number of thioether (sulfide) groups is 1. The molecule has 3 nitrogen and oxygen atoms in total. The Bertz CT molecular complexity index is 398. The molecule has 1 aromatic rings. The Balaban J connectivity index is 2.57. The second-order valence-corrected chi connectivity index (χ2v) is 5.92. The van der Waals surface area contributed by atoms with Crippen LogP contribution in [0.4, 0.5) is 0 Å². The second kappa shape index (κ2) is 7.03. The van der Waals surface area contributed by atoms with Gasteiger partial charge in [-0.1, -0.05) is 28.9 Å². The minimum absolute atomic E-state index is 0.304. The molecule has 0 saturated heterocycles. The molecule has 1 unspecified atom stereocenters. The predicted molar refractivity (Wildman–Crippen MR) is 75.8 cm³/mol. The van der Waals surface area contributed by atoms with Gasteiger partial charge in [0.1, 0.15) is 0 Å². The van der Waals surface area contributed by atoms with Gasteiger partial charge < -0.3 is 10.4 Å². The van der Waals surface area contributed by atoms with Crippen molar-refractivity contribution < 1.29 is 9.90 Å². The third-order valence-electron chi connectivity index (χ3n) is 2.45. The Labute approximate surface area is 114 Å². The summed E-state index contributed by atoms with van der Waals surface area (Å²) >= 11 is 5.21. The summed E-state index contributed by atoms with van der Waals surface area (Å²) in [6.45, 7) is 3.85. The van der Waals surface area contributed by atoms with E-state index in [-0.39, 0.29) is 0 Å². The summed E-state index contributed by atoms with van der Waals surface area (Å²) in [5.74, 6) is -0.902. The number of benzene rings is 1. The van der Waals surface area contributed by atoms with Gasteiger partial charge in [-0.25, -0.2) is 4.79 Å². The minimum atomic E-state index is -0.902. The lowest BCUT2D eigenvalue weighted by molar-refractivity contribution is 0.0697. The van der Waals surface area contributed by atoms with Crippen LogP contribution in [-0.4, -0.2) is 29.1 Å². The van der Waals surface area contributed by atoms with Crippen molar-refractivity contribution >= 4 is 33.7 Å². The Morgan fingerprint density at radius 1 is 1.59 bits per heavy atom. The summed E-state index contributed by atoms with van der Waals surface area (Å²) in [6.07, 6.45) is 2.09. The third-order valence-corrected chi connectivity index (χ3v) is 4.16. The van der Waals surface area contributed by atoms with Gasteiger partial charge in [-0.15, -0.1) is 0 Å². The number of hydrogen-bond donors (Lipinski definition) is 2. The number of rotatable bonds is 6. The first-order valence-corrected chi connectivity index (χ1v) is 7.38. The topological polar surface area (TPSA) is 49.3 Å². The molecule has 0 aromatic heterocycles. The van der Waals surface area contributed by atoms with E-state index < -0.39 is 5.97 Å². The van der Waals surface area contributed by atoms with E-state index in [0.29, 0.717) is 10.8 Å². The van der Waals surface area contributed by atoms with Gasteiger partial charge in [0.15, 0.2) is 0 Å². The van der Waals surface area contributed by atoms with Crippen molar-refractivity contribution in [1.82, 2.24) is 5.32 Å². The lowest BCUT2D eigenvalue weighted by Gasteiger charge is -2.11. The number of carbonyl (C=O) groups is 1. The largest absolute Gasteiger partial charge is 0.478 e. The number of hydrogen-bond acceptors (Lipinski definition) is 3. The SMILES string of the molecule is CSC(C)CNCc1ccc(C(=O)O)cc1Br. The fourth-order valence-corrected chi connectivity index (χ4v) is 2.12. The lowest BCUT2D eigenvalue weighted by Crippen LogP contribution is -2.22. The molecule has 0 spiro atoms. The molecule has 1 rings (SSSR count). The van der Waals surface area contributed by atoms with E-state index in [1.165, 1.54) is 0 Å². The highest BCUT2D eigenvalue weighted by Gasteiger charge is 2.06. The zero-order chi connectivity index (χ0) is 12.8. The maximum Gasteiger partial charge on any atom is 0.335 e. The van der Waals surface area contributed by atoms with Crippen molar-refractivity contribution in [2.75, 3.05) is 12.8 Å². The van der Waals surface area contributed by atoms with Crippen molar-refractivity contribution in [3.63, 3.8) is 0 Å². The summed E-state index contributed by atoms with van der Waals surface area (Å²) in [7, 11) is 0. The maximum atomic E-state index is 10.8. The van der Waals surface area contributed by atoms with Crippen molar-refractivity contribution in [2.45, 2.75) is 18.7 Å². The summed E-state index contributed by atoms with van der Waals surface area (Å²) in [6, 6.07) is 5.10. The Kier molecular flexibility index (Phi) is 6.02. The number of carboxylic acids is 1.